The number of nitrogens with zero attached hydrogens (tertiary/aromatic N) is 2. The van der Waals surface area contributed by atoms with Gasteiger partial charge in [0.2, 0.25) is 0 Å². The van der Waals surface area contributed by atoms with E-state index in [-0.39, 0.29) is 23.6 Å². The summed E-state index contributed by atoms with van der Waals surface area (Å²) in [4.78, 5) is 35.2. The van der Waals surface area contributed by atoms with E-state index in [4.69, 9.17) is 4.74 Å². The fourth-order valence-electron chi connectivity index (χ4n) is 3.19. The van der Waals surface area contributed by atoms with Crippen molar-refractivity contribution in [2.24, 2.45) is 0 Å². The van der Waals surface area contributed by atoms with Gasteiger partial charge in [0.05, 0.1) is 22.4 Å². The van der Waals surface area contributed by atoms with E-state index < -0.39 is 0 Å². The first-order valence-corrected chi connectivity index (χ1v) is 8.83. The summed E-state index contributed by atoms with van der Waals surface area (Å²) >= 11 is 1.26. The van der Waals surface area contributed by atoms with E-state index in [1.54, 1.807) is 13.8 Å². The fourth-order valence-corrected chi connectivity index (χ4v) is 4.32. The molecule has 0 aliphatic carbocycles. The third-order valence-electron chi connectivity index (χ3n) is 4.27. The second-order valence-corrected chi connectivity index (χ2v) is 7.18. The first-order valence-electron chi connectivity index (χ1n) is 8.01. The minimum absolute atomic E-state index is 0.0117. The molecule has 3 rings (SSSR count). The summed E-state index contributed by atoms with van der Waals surface area (Å²) in [5.41, 5.74) is 0.485. The van der Waals surface area contributed by atoms with Gasteiger partial charge in [-0.2, -0.15) is 0 Å². The van der Waals surface area contributed by atoms with Crippen LogP contribution in [0.25, 0.3) is 10.2 Å². The number of carbonyl (C=O) groups excluding carboxylic acids is 1. The molecule has 2 aromatic heterocycles. The molecular weight excluding hydrogens is 328 g/mol. The third kappa shape index (κ3) is 3.09. The summed E-state index contributed by atoms with van der Waals surface area (Å²) < 4.78 is 5.73. The molecule has 1 aliphatic heterocycles. The minimum atomic E-state index is -0.196. The van der Waals surface area contributed by atoms with Gasteiger partial charge in [-0.3, -0.25) is 9.59 Å². The highest BCUT2D eigenvalue weighted by atomic mass is 32.1. The van der Waals surface area contributed by atoms with Crippen molar-refractivity contribution in [2.45, 2.75) is 32.9 Å². The lowest BCUT2D eigenvalue weighted by molar-refractivity contribution is 0.0514. The number of rotatable bonds is 4. The molecule has 24 heavy (non-hydrogen) atoms. The number of aromatic nitrogens is 2. The van der Waals surface area contributed by atoms with Gasteiger partial charge >= 0.3 is 0 Å². The molecule has 2 aromatic rings. The molecule has 0 aromatic carbocycles. The third-order valence-corrected chi connectivity index (χ3v) is 5.46. The van der Waals surface area contributed by atoms with Crippen LogP contribution in [0, 0.1) is 13.8 Å². The van der Waals surface area contributed by atoms with Crippen LogP contribution in [-0.4, -0.2) is 59.7 Å². The van der Waals surface area contributed by atoms with E-state index in [0.717, 1.165) is 13.1 Å². The van der Waals surface area contributed by atoms with Gasteiger partial charge in [0.15, 0.2) is 0 Å². The maximum absolute atomic E-state index is 12.7. The number of thiophene rings is 1. The van der Waals surface area contributed by atoms with Gasteiger partial charge in [-0.05, 0) is 33.4 Å². The molecule has 1 saturated heterocycles. The second-order valence-electron chi connectivity index (χ2n) is 6.18. The standard InChI is InChI=1S/C16H22N4O3S/c1-5-23-11-7-20(4)6-10(11)19-15(22)13-8(2)12-14(21)17-9(3)18-16(12)24-13/h10-11H,5-7H2,1-4H3,(H,19,22)(H,17,18,21)/t10-,11-/m0/s1. The highest BCUT2D eigenvalue weighted by Gasteiger charge is 2.33. The minimum Gasteiger partial charge on any atom is -0.375 e. The molecule has 3 heterocycles. The Balaban J connectivity index is 1.88. The molecule has 0 spiro atoms. The quantitative estimate of drug-likeness (QED) is 0.861. The molecule has 2 N–H and O–H groups in total. The van der Waals surface area contributed by atoms with Gasteiger partial charge in [0.25, 0.3) is 11.5 Å². The number of H-pyrrole nitrogens is 1. The number of ether oxygens (including phenoxy) is 1. The Morgan fingerprint density at radius 2 is 2.21 bits per heavy atom. The van der Waals surface area contributed by atoms with Crippen molar-refractivity contribution in [1.29, 1.82) is 0 Å². The summed E-state index contributed by atoms with van der Waals surface area (Å²) in [6.45, 7) is 7.64. The Bertz CT molecular complexity index is 829. The molecule has 0 radical (unpaired) electrons. The number of hydrogen-bond acceptors (Lipinski definition) is 6. The second kappa shape index (κ2) is 6.62. The molecule has 1 aliphatic rings. The van der Waals surface area contributed by atoms with Gasteiger partial charge in [-0.15, -0.1) is 11.3 Å². The van der Waals surface area contributed by atoms with Gasteiger partial charge in [0, 0.05) is 19.7 Å². The molecule has 1 fully saturated rings. The van der Waals surface area contributed by atoms with Gasteiger partial charge in [-0.1, -0.05) is 0 Å². The Labute approximate surface area is 144 Å². The molecule has 0 saturated carbocycles. The van der Waals surface area contributed by atoms with Crippen LogP contribution in [0.3, 0.4) is 0 Å². The van der Waals surface area contributed by atoms with Crippen molar-refractivity contribution in [3.63, 3.8) is 0 Å². The van der Waals surface area contributed by atoms with Gasteiger partial charge in [0.1, 0.15) is 10.7 Å². The van der Waals surface area contributed by atoms with Crippen molar-refractivity contribution in [2.75, 3.05) is 26.7 Å². The molecule has 0 bridgehead atoms. The van der Waals surface area contributed by atoms with Crippen LogP contribution in [0.2, 0.25) is 0 Å². The van der Waals surface area contributed by atoms with Crippen molar-refractivity contribution < 1.29 is 9.53 Å². The lowest BCUT2D eigenvalue weighted by Gasteiger charge is -2.19. The van der Waals surface area contributed by atoms with E-state index in [9.17, 15) is 9.59 Å². The van der Waals surface area contributed by atoms with Crippen LogP contribution in [0.4, 0.5) is 0 Å². The lowest BCUT2D eigenvalue weighted by Crippen LogP contribution is -2.43. The smallest absolute Gasteiger partial charge is 0.262 e. The zero-order valence-electron chi connectivity index (χ0n) is 14.3. The predicted molar refractivity (Wildman–Crippen MR) is 93.9 cm³/mol. The monoisotopic (exact) mass is 350 g/mol. The average molecular weight is 350 g/mol. The van der Waals surface area contributed by atoms with Crippen molar-refractivity contribution >= 4 is 27.5 Å². The Kier molecular flexibility index (Phi) is 4.71. The molecule has 1 amide bonds. The van der Waals surface area contributed by atoms with Crippen LogP contribution in [-0.2, 0) is 4.74 Å². The topological polar surface area (TPSA) is 87.3 Å². The fraction of sp³-hybridized carbons (Fsp3) is 0.562. The molecule has 8 heteroatoms. The largest absolute Gasteiger partial charge is 0.375 e. The number of nitrogens with one attached hydrogen (secondary N) is 2. The molecule has 7 nitrogen and oxygen atoms in total. The molecular formula is C16H22N4O3S. The molecule has 2 atom stereocenters. The zero-order valence-corrected chi connectivity index (χ0v) is 15.1. The zero-order chi connectivity index (χ0) is 17.4. The highest BCUT2D eigenvalue weighted by Crippen LogP contribution is 2.27. The normalized spacial score (nSPS) is 21.5. The van der Waals surface area contributed by atoms with Gasteiger partial charge in [-0.25, -0.2) is 4.98 Å². The van der Waals surface area contributed by atoms with Crippen LogP contribution in [0.15, 0.2) is 4.79 Å². The first-order chi connectivity index (χ1) is 11.4. The number of aryl methyl sites for hydroxylation is 2. The lowest BCUT2D eigenvalue weighted by atomic mass is 10.1. The van der Waals surface area contributed by atoms with Crippen LogP contribution in [0.5, 0.6) is 0 Å². The van der Waals surface area contributed by atoms with E-state index in [1.807, 2.05) is 14.0 Å². The number of amides is 1. The van der Waals surface area contributed by atoms with E-state index in [1.165, 1.54) is 11.3 Å². The van der Waals surface area contributed by atoms with E-state index in [2.05, 4.69) is 20.2 Å². The molecule has 0 unspecified atom stereocenters. The van der Waals surface area contributed by atoms with Crippen LogP contribution in [0.1, 0.15) is 28.0 Å². The number of hydrogen-bond donors (Lipinski definition) is 2. The van der Waals surface area contributed by atoms with Crippen molar-refractivity contribution in [3.8, 4) is 0 Å². The molecule has 130 valence electrons. The summed E-state index contributed by atoms with van der Waals surface area (Å²) in [6.07, 6.45) is -0.0117. The van der Waals surface area contributed by atoms with E-state index >= 15 is 0 Å². The predicted octanol–water partition coefficient (Wildman–Crippen LogP) is 1.05. The van der Waals surface area contributed by atoms with Crippen LogP contribution < -0.4 is 10.9 Å². The van der Waals surface area contributed by atoms with Crippen molar-refractivity contribution in [3.05, 3.63) is 26.6 Å². The number of aromatic amines is 1. The summed E-state index contributed by atoms with van der Waals surface area (Å²) in [6, 6.07) is -0.0555. The Morgan fingerprint density at radius 3 is 2.92 bits per heavy atom. The van der Waals surface area contributed by atoms with Crippen LogP contribution >= 0.6 is 11.3 Å². The van der Waals surface area contributed by atoms with Gasteiger partial charge < -0.3 is 19.9 Å². The number of carbonyl (C=O) groups is 1. The first kappa shape index (κ1) is 17.1. The Morgan fingerprint density at radius 1 is 1.46 bits per heavy atom. The van der Waals surface area contributed by atoms with E-state index in [0.29, 0.717) is 33.1 Å². The average Bonchev–Trinajstić information content (AvgIpc) is 3.00. The van der Waals surface area contributed by atoms with Crippen molar-refractivity contribution in [1.82, 2.24) is 20.2 Å². The summed E-state index contributed by atoms with van der Waals surface area (Å²) in [5, 5.41) is 3.56. The number of likely N-dealkylation sites (tertiary alicyclic amines) is 1. The highest BCUT2D eigenvalue weighted by molar-refractivity contribution is 7.20. The summed E-state index contributed by atoms with van der Waals surface area (Å²) in [5.74, 6) is 0.382. The maximum atomic E-state index is 12.7. The maximum Gasteiger partial charge on any atom is 0.262 e. The number of likely N-dealkylation sites (N-methyl/N-ethyl adjacent to an activating group) is 1. The Hall–Kier alpha value is -1.77. The SMILES string of the molecule is CCO[C@H]1CN(C)C[C@@H]1NC(=O)c1sc2nc(C)[nH]c(=O)c2c1C. The summed E-state index contributed by atoms with van der Waals surface area (Å²) in [7, 11) is 2.01. The number of fused-ring (bicyclic) bond motifs is 1.